The van der Waals surface area contributed by atoms with E-state index in [1.807, 2.05) is 54.6 Å². The Labute approximate surface area is 99.1 Å². The van der Waals surface area contributed by atoms with E-state index in [9.17, 15) is 4.79 Å². The fourth-order valence-corrected chi connectivity index (χ4v) is 1.40. The topological polar surface area (TPSA) is 30.2 Å². The Morgan fingerprint density at radius 1 is 0.647 bits per heavy atom. The summed E-state index contributed by atoms with van der Waals surface area (Å²) in [5, 5.41) is 0.951. The Hall–Kier alpha value is -2.35. The standard InChI is InChI=1S/C9H6O2.C6H6/c10-9-6-5-7-3-1-2-4-8(7)11-9;1-2-4-6-5-3-1/h1-6H;1-6H. The molecule has 0 aliphatic heterocycles. The van der Waals surface area contributed by atoms with E-state index in [0.29, 0.717) is 5.58 Å². The van der Waals surface area contributed by atoms with Crippen molar-refractivity contribution in [1.29, 1.82) is 0 Å². The van der Waals surface area contributed by atoms with E-state index < -0.39 is 0 Å². The van der Waals surface area contributed by atoms with Crippen LogP contribution in [0.4, 0.5) is 0 Å². The van der Waals surface area contributed by atoms with Gasteiger partial charge in [-0.1, -0.05) is 54.6 Å². The summed E-state index contributed by atoms with van der Waals surface area (Å²) in [5.74, 6) is 0. The molecule has 17 heavy (non-hydrogen) atoms. The fourth-order valence-electron chi connectivity index (χ4n) is 1.40. The first-order valence-electron chi connectivity index (χ1n) is 5.35. The van der Waals surface area contributed by atoms with Crippen LogP contribution in [0.15, 0.2) is 82.0 Å². The van der Waals surface area contributed by atoms with E-state index in [4.69, 9.17) is 4.42 Å². The van der Waals surface area contributed by atoms with Gasteiger partial charge in [-0.3, -0.25) is 0 Å². The van der Waals surface area contributed by atoms with Crippen LogP contribution in [0.3, 0.4) is 0 Å². The van der Waals surface area contributed by atoms with E-state index in [2.05, 4.69) is 0 Å². The van der Waals surface area contributed by atoms with Gasteiger partial charge in [0.05, 0.1) is 0 Å². The number of para-hydroxylation sites is 1. The first-order chi connectivity index (χ1) is 8.36. The Balaban J connectivity index is 0.000000153. The summed E-state index contributed by atoms with van der Waals surface area (Å²) in [4.78, 5) is 10.7. The lowest BCUT2D eigenvalue weighted by molar-refractivity contribution is 0.561. The second-order valence-corrected chi connectivity index (χ2v) is 3.45. The molecule has 0 N–H and O–H groups in total. The molecule has 0 bridgehead atoms. The van der Waals surface area contributed by atoms with Crippen LogP contribution in [0.1, 0.15) is 0 Å². The molecule has 0 fully saturated rings. The molecule has 0 saturated carbocycles. The maximum Gasteiger partial charge on any atom is 0.336 e. The van der Waals surface area contributed by atoms with E-state index in [0.717, 1.165) is 5.39 Å². The molecule has 0 aliphatic rings. The molecular formula is C15H12O2. The predicted octanol–water partition coefficient (Wildman–Crippen LogP) is 3.48. The van der Waals surface area contributed by atoms with Gasteiger partial charge in [0, 0.05) is 11.5 Å². The second-order valence-electron chi connectivity index (χ2n) is 3.45. The third-order valence-electron chi connectivity index (χ3n) is 2.20. The minimum absolute atomic E-state index is 0.302. The quantitative estimate of drug-likeness (QED) is 0.547. The van der Waals surface area contributed by atoms with Crippen LogP contribution < -0.4 is 5.63 Å². The molecule has 0 spiro atoms. The van der Waals surface area contributed by atoms with Crippen molar-refractivity contribution >= 4 is 11.0 Å². The molecule has 0 aliphatic carbocycles. The molecule has 0 atom stereocenters. The van der Waals surface area contributed by atoms with E-state index in [-0.39, 0.29) is 5.63 Å². The number of hydrogen-bond acceptors (Lipinski definition) is 2. The Bertz CT molecular complexity index is 600. The molecule has 0 unspecified atom stereocenters. The summed E-state index contributed by atoms with van der Waals surface area (Å²) in [6.07, 6.45) is 0. The zero-order valence-corrected chi connectivity index (χ0v) is 9.24. The lowest BCUT2D eigenvalue weighted by Crippen LogP contribution is -1.93. The van der Waals surface area contributed by atoms with Crippen molar-refractivity contribution in [2.24, 2.45) is 0 Å². The summed E-state index contributed by atoms with van der Waals surface area (Å²) in [7, 11) is 0. The van der Waals surface area contributed by atoms with Crippen molar-refractivity contribution in [3.63, 3.8) is 0 Å². The largest absolute Gasteiger partial charge is 0.423 e. The Kier molecular flexibility index (Phi) is 3.71. The highest BCUT2D eigenvalue weighted by Gasteiger charge is 1.92. The number of rotatable bonds is 0. The average molecular weight is 224 g/mol. The third-order valence-corrected chi connectivity index (χ3v) is 2.20. The van der Waals surface area contributed by atoms with E-state index in [1.54, 1.807) is 12.1 Å². The summed E-state index contributed by atoms with van der Waals surface area (Å²) in [6, 6.07) is 22.6. The zero-order chi connectivity index (χ0) is 11.9. The molecule has 0 radical (unpaired) electrons. The van der Waals surface area contributed by atoms with Crippen LogP contribution in [0.2, 0.25) is 0 Å². The summed E-state index contributed by atoms with van der Waals surface area (Å²) < 4.78 is 4.91. The second kappa shape index (κ2) is 5.66. The molecule has 2 aromatic carbocycles. The smallest absolute Gasteiger partial charge is 0.336 e. The van der Waals surface area contributed by atoms with Crippen LogP contribution in [0.5, 0.6) is 0 Å². The number of hydrogen-bond donors (Lipinski definition) is 0. The lowest BCUT2D eigenvalue weighted by Gasteiger charge is -1.91. The Morgan fingerprint density at radius 3 is 1.88 bits per heavy atom. The van der Waals surface area contributed by atoms with Gasteiger partial charge in [0.15, 0.2) is 0 Å². The van der Waals surface area contributed by atoms with Crippen LogP contribution >= 0.6 is 0 Å². The van der Waals surface area contributed by atoms with E-state index >= 15 is 0 Å². The van der Waals surface area contributed by atoms with Gasteiger partial charge in [-0.15, -0.1) is 0 Å². The minimum atomic E-state index is -0.302. The van der Waals surface area contributed by atoms with Crippen LogP contribution in [-0.2, 0) is 0 Å². The van der Waals surface area contributed by atoms with Crippen molar-refractivity contribution in [2.75, 3.05) is 0 Å². The normalized spacial score (nSPS) is 9.41. The lowest BCUT2D eigenvalue weighted by atomic mass is 10.2. The highest BCUT2D eigenvalue weighted by atomic mass is 16.4. The molecule has 1 aromatic heterocycles. The maximum absolute atomic E-state index is 10.7. The first kappa shape index (κ1) is 11.1. The molecule has 3 aromatic rings. The average Bonchev–Trinajstić information content (AvgIpc) is 2.41. The van der Waals surface area contributed by atoms with Gasteiger partial charge in [0.1, 0.15) is 5.58 Å². The number of fused-ring (bicyclic) bond motifs is 1. The van der Waals surface area contributed by atoms with Crippen molar-refractivity contribution in [3.8, 4) is 0 Å². The maximum atomic E-state index is 10.7. The van der Waals surface area contributed by atoms with E-state index in [1.165, 1.54) is 6.07 Å². The molecule has 1 heterocycles. The third kappa shape index (κ3) is 3.31. The first-order valence-corrected chi connectivity index (χ1v) is 5.35. The van der Waals surface area contributed by atoms with Gasteiger partial charge in [0.2, 0.25) is 0 Å². The van der Waals surface area contributed by atoms with Crippen molar-refractivity contribution in [1.82, 2.24) is 0 Å². The molecule has 2 heteroatoms. The van der Waals surface area contributed by atoms with Gasteiger partial charge in [-0.05, 0) is 12.1 Å². The molecule has 2 nitrogen and oxygen atoms in total. The molecule has 84 valence electrons. The van der Waals surface area contributed by atoms with Crippen LogP contribution in [0, 0.1) is 0 Å². The van der Waals surface area contributed by atoms with Gasteiger partial charge in [0.25, 0.3) is 0 Å². The van der Waals surface area contributed by atoms with Crippen LogP contribution in [0.25, 0.3) is 11.0 Å². The van der Waals surface area contributed by atoms with Gasteiger partial charge < -0.3 is 4.42 Å². The zero-order valence-electron chi connectivity index (χ0n) is 9.24. The highest BCUT2D eigenvalue weighted by Crippen LogP contribution is 2.08. The van der Waals surface area contributed by atoms with Gasteiger partial charge >= 0.3 is 5.63 Å². The number of benzene rings is 2. The molecular weight excluding hydrogens is 212 g/mol. The molecule has 3 rings (SSSR count). The van der Waals surface area contributed by atoms with Gasteiger partial charge in [-0.2, -0.15) is 0 Å². The fraction of sp³-hybridized carbons (Fsp3) is 0. The van der Waals surface area contributed by atoms with Crippen molar-refractivity contribution in [2.45, 2.75) is 0 Å². The molecule has 0 amide bonds. The van der Waals surface area contributed by atoms with Crippen molar-refractivity contribution in [3.05, 3.63) is 83.2 Å². The van der Waals surface area contributed by atoms with Crippen molar-refractivity contribution < 1.29 is 4.42 Å². The highest BCUT2D eigenvalue weighted by molar-refractivity contribution is 5.75. The summed E-state index contributed by atoms with van der Waals surface area (Å²) >= 11 is 0. The summed E-state index contributed by atoms with van der Waals surface area (Å²) in [5.41, 5.74) is 0.337. The van der Waals surface area contributed by atoms with Gasteiger partial charge in [-0.25, -0.2) is 4.79 Å². The van der Waals surface area contributed by atoms with Crippen LogP contribution in [-0.4, -0.2) is 0 Å². The predicted molar refractivity (Wildman–Crippen MR) is 68.9 cm³/mol. The minimum Gasteiger partial charge on any atom is -0.423 e. The Morgan fingerprint density at radius 2 is 1.24 bits per heavy atom. The SMILES string of the molecule is O=c1ccc2ccccc2o1.c1ccccc1. The monoisotopic (exact) mass is 224 g/mol. The summed E-state index contributed by atoms with van der Waals surface area (Å²) in [6.45, 7) is 0. The molecule has 0 saturated heterocycles.